The Hall–Kier alpha value is -11.9. The summed E-state index contributed by atoms with van der Waals surface area (Å²) < 4.78 is 229. The van der Waals surface area contributed by atoms with Crippen LogP contribution in [-0.4, -0.2) is 237 Å². The van der Waals surface area contributed by atoms with E-state index in [4.69, 9.17) is 23.2 Å². The summed E-state index contributed by atoms with van der Waals surface area (Å²) in [5.41, 5.74) is -3.40. The van der Waals surface area contributed by atoms with Gasteiger partial charge in [-0.25, -0.2) is 35.3 Å². The summed E-state index contributed by atoms with van der Waals surface area (Å²) in [6, 6.07) is 29.1. The Morgan fingerprint density at radius 2 is 0.763 bits per heavy atom. The van der Waals surface area contributed by atoms with Crippen LogP contribution < -0.4 is 46.7 Å². The van der Waals surface area contributed by atoms with Gasteiger partial charge in [-0.15, -0.1) is 12.4 Å². The zero-order chi connectivity index (χ0) is 104. The van der Waals surface area contributed by atoms with Crippen molar-refractivity contribution in [2.24, 2.45) is 16.2 Å². The molecule has 0 radical (unpaired) electrons. The quantitative estimate of drug-likeness (QED) is 0.00944. The molecule has 3 fully saturated rings. The third kappa shape index (κ3) is 34.6. The van der Waals surface area contributed by atoms with E-state index in [1.807, 2.05) is 6.07 Å². The number of aromatic hydroxyl groups is 1. The predicted molar refractivity (Wildman–Crippen MR) is 477 cm³/mol. The maximum absolute atomic E-state index is 15.3. The molecule has 30 nitrogen and oxygen atoms in total. The maximum atomic E-state index is 15.3. The van der Waals surface area contributed by atoms with Crippen LogP contribution in [0, 0.1) is 37.0 Å². The highest BCUT2D eigenvalue weighted by atomic mass is 36.0. The van der Waals surface area contributed by atoms with Crippen LogP contribution in [0.4, 0.5) is 65.9 Å². The minimum Gasteiger partial charge on any atom is -0.508 e. The fraction of sp³-hybridized carbons (Fsp3) is 0.456. The molecule has 0 aliphatic carbocycles. The maximum Gasteiger partial charge on any atom is 0.405 e. The van der Waals surface area contributed by atoms with Gasteiger partial charge in [-0.2, -0.15) is 39.5 Å². The molecule has 10 N–H and O–H groups in total. The number of benzene rings is 6. The molecule has 0 spiro atoms. The van der Waals surface area contributed by atoms with E-state index < -0.39 is 233 Å². The van der Waals surface area contributed by atoms with E-state index in [1.54, 1.807) is 120 Å². The first-order valence-corrected chi connectivity index (χ1v) is 43.8. The van der Waals surface area contributed by atoms with Crippen molar-refractivity contribution in [3.05, 3.63) is 196 Å². The second-order valence-corrected chi connectivity index (χ2v) is 35.7. The van der Waals surface area contributed by atoms with E-state index in [2.05, 4.69) is 42.6 Å². The van der Waals surface area contributed by atoms with Crippen molar-refractivity contribution in [3.63, 3.8) is 0 Å². The van der Waals surface area contributed by atoms with Crippen LogP contribution in [0.5, 0.6) is 17.2 Å². The summed E-state index contributed by atoms with van der Waals surface area (Å²) in [5.74, 6) is -23.7. The monoisotopic (exact) mass is 2070 g/mol. The Morgan fingerprint density at radius 3 is 1.09 bits per heavy atom. The largest absolute Gasteiger partial charge is 0.508 e. The molecule has 3 saturated heterocycles. The molecule has 49 heteroatoms. The minimum atomic E-state index is -4.87. The lowest BCUT2D eigenvalue weighted by molar-refractivity contribution is -0.164. The zero-order valence-corrected chi connectivity index (χ0v) is 78.9. The van der Waals surface area contributed by atoms with Crippen LogP contribution in [0.1, 0.15) is 141 Å². The van der Waals surface area contributed by atoms with Crippen molar-refractivity contribution in [1.29, 1.82) is 0 Å². The third-order valence-electron chi connectivity index (χ3n) is 21.9. The molecule has 8 amide bonds. The lowest BCUT2D eigenvalue weighted by atomic mass is 9.81. The summed E-state index contributed by atoms with van der Waals surface area (Å²) >= 11 is 0. The number of esters is 4. The molecular weight excluding hydrogens is 1970 g/mol. The van der Waals surface area contributed by atoms with Crippen molar-refractivity contribution in [2.75, 3.05) is 39.3 Å². The number of aliphatic carboxylic acids is 1. The Labute approximate surface area is 805 Å². The lowest BCUT2D eigenvalue weighted by Crippen LogP contribution is -2.59. The number of hydrogen-bond acceptors (Lipinski definition) is 21. The van der Waals surface area contributed by atoms with Crippen molar-refractivity contribution >= 4 is 120 Å². The number of carboxylic acids is 1. The van der Waals surface area contributed by atoms with E-state index in [9.17, 15) is 135 Å². The van der Waals surface area contributed by atoms with Gasteiger partial charge >= 0.3 is 48.4 Å². The Balaban J connectivity index is 0.000000489. The van der Waals surface area contributed by atoms with Crippen molar-refractivity contribution in [2.45, 2.75) is 208 Å². The third-order valence-corrected chi connectivity index (χ3v) is 21.9. The highest BCUT2D eigenvalue weighted by Gasteiger charge is 2.67. The molecule has 9 rings (SSSR count). The van der Waals surface area contributed by atoms with Gasteiger partial charge in [0.25, 0.3) is 47.3 Å². The van der Waals surface area contributed by atoms with Gasteiger partial charge in [-0.05, 0) is 93.1 Å². The number of aliphatic hydroxyl groups excluding tert-OH is 1. The van der Waals surface area contributed by atoms with Gasteiger partial charge in [0.15, 0.2) is 6.10 Å². The number of nitrogens with zero attached hydrogens (tertiary/aromatic N) is 2. The smallest absolute Gasteiger partial charge is 0.405 e. The molecule has 4 unspecified atom stereocenters. The van der Waals surface area contributed by atoms with Crippen molar-refractivity contribution in [3.8, 4) is 17.2 Å². The average molecular weight is 2070 g/mol. The molecule has 139 heavy (non-hydrogen) atoms. The summed E-state index contributed by atoms with van der Waals surface area (Å²) in [4.78, 5) is 163. The van der Waals surface area contributed by atoms with Crippen LogP contribution in [-0.2, 0) is 85.9 Å². The first kappa shape index (κ1) is 121. The average Bonchev–Trinajstić information content (AvgIpc) is 1.58. The lowest BCUT2D eigenvalue weighted by Gasteiger charge is -2.35. The summed E-state index contributed by atoms with van der Waals surface area (Å²) in [6.45, 7) is 6.47. The van der Waals surface area contributed by atoms with Gasteiger partial charge in [0.05, 0.1) is 60.0 Å². The Morgan fingerprint density at radius 1 is 0.453 bits per heavy atom. The number of hydrogen-bond donors (Lipinski definition) is 10. The van der Waals surface area contributed by atoms with E-state index in [0.29, 0.717) is 26.5 Å². The number of aliphatic hydroxyl groups is 1. The molecule has 6 aromatic rings. The van der Waals surface area contributed by atoms with Gasteiger partial charge in [-0.1, -0.05) is 158 Å². The molecule has 6 aromatic carbocycles. The molecule has 3 aliphatic heterocycles. The van der Waals surface area contributed by atoms with Crippen LogP contribution in [0.25, 0.3) is 0 Å². The van der Waals surface area contributed by atoms with Crippen molar-refractivity contribution in [1.82, 2.24) is 47.0 Å². The van der Waals surface area contributed by atoms with E-state index in [-0.39, 0.29) is 84.2 Å². The number of carbonyl (C=O) groups is 13. The van der Waals surface area contributed by atoms with E-state index in [1.165, 1.54) is 63.2 Å². The first-order valence-electron chi connectivity index (χ1n) is 41.0. The standard InChI is InChI=1S/C31H34F5N3O7.C27H30F5N3O5.C22H23NO7.C9H13F5N2O.CH4.Cl2OS.ClH/c1-17-21(12-9-13-23(17)45-18(2)40)26(42)38-22(14-20-10-7-6-8-11-20)24(46-19(3)41)28(44)39-16-30(32,33)29(4,5)25(39)27(43)37-15-31(34,35)36;1-15-17(10-7-11-19(15)36)22(38)34-18(12-16-8-5-4-6-9-16)20(37)24(40)35-14-26(28,29)25(2,3)21(35)23(39)33-13-27(30,31)32;1-13-17(10-7-11-19(13)29-14(2)24)21(26)23-18(12-16-8-5-4-6-9-16)20(22(27)28)30-15(3)25;1-7(2)5(15-3-8(7,10)11)6(17)16-4-9(12,13)14;;1-4(2)3;/h6-13,22,24-25H,14-16H2,1-5H3,(H,37,43)(H,38,42);4-11,18,20-21,36-37H,12-14H2,1-3H3,(H,33,39)(H,34,38);4-11,18,20H,12H2,1-3H3,(H,23,26)(H,27,28);5,15H,3-4H2,1-2H3,(H,16,17);1H4;;1H/t22-,24-,25?;18-,20-,21?;18?,20-;;;;/m000..../s1. The SMILES string of the molecule is C.CC(=O)Oc1cccc(C(=O)NC(Cc2ccccc2)[C@H](OC(C)=O)C(=O)O)c1C.CC(=O)Oc1cccc(C(=O)N[C@@H](Cc2ccccc2)[C@H](OC(C)=O)C(=O)N2CC(F)(F)C(C)(C)C2C(=O)NCC(F)(F)F)c1C.CC1(C)C(C(=O)NCC(F)(F)F)NCC1(F)F.Cc1c(O)cccc1C(=O)N[C@@H](Cc1ccccc1)[C@H](O)C(=O)N1CC(F)(F)C(C)(C)C1C(=O)NCC(F)(F)F.Cl.O=S(Cl)Cl. The molecule has 768 valence electrons. The van der Waals surface area contributed by atoms with Crippen LogP contribution in [0.2, 0.25) is 0 Å². The molecule has 9 atom stereocenters. The molecular formula is C90H105Cl3F15N9O21S. The number of likely N-dealkylation sites (tertiary alicyclic amines) is 2. The summed E-state index contributed by atoms with van der Waals surface area (Å²) in [7, 11) is 7.36. The van der Waals surface area contributed by atoms with Crippen LogP contribution >= 0.6 is 33.8 Å². The van der Waals surface area contributed by atoms with Gasteiger partial charge < -0.3 is 76.0 Å². The van der Waals surface area contributed by atoms with E-state index in [0.717, 1.165) is 67.9 Å². The minimum absolute atomic E-state index is 0. The number of ether oxygens (including phenoxy) is 4. The molecule has 0 saturated carbocycles. The number of amides is 8. The number of nitrogens with one attached hydrogen (secondary N) is 7. The van der Waals surface area contributed by atoms with Gasteiger partial charge in [0, 0.05) is 82.4 Å². The highest BCUT2D eigenvalue weighted by Crippen LogP contribution is 2.50. The highest BCUT2D eigenvalue weighted by molar-refractivity contribution is 8.26. The van der Waals surface area contributed by atoms with E-state index >= 15 is 8.78 Å². The van der Waals surface area contributed by atoms with Gasteiger partial charge in [0.2, 0.25) is 39.2 Å². The molecule has 3 heterocycles. The Bertz CT molecular complexity index is 5320. The summed E-state index contributed by atoms with van der Waals surface area (Å²) in [6.07, 6.45) is -20.2. The topological polar surface area (TPSA) is 427 Å². The number of halogens is 18. The predicted octanol–water partition coefficient (Wildman–Crippen LogP) is 12.4. The second-order valence-electron chi connectivity index (χ2n) is 33.2. The van der Waals surface area contributed by atoms with Crippen LogP contribution in [0.15, 0.2) is 146 Å². The number of phenols is 1. The Kier molecular flexibility index (Phi) is 44.3. The normalized spacial score (nSPS) is 17.9. The fourth-order valence-electron chi connectivity index (χ4n) is 14.4. The number of phenolic OH excluding ortho intramolecular Hbond substituents is 1. The van der Waals surface area contributed by atoms with Crippen molar-refractivity contribution < 1.29 is 167 Å². The van der Waals surface area contributed by atoms with Gasteiger partial charge in [0.1, 0.15) is 49.0 Å². The number of rotatable bonds is 28. The first-order chi connectivity index (χ1) is 63.1. The summed E-state index contributed by atoms with van der Waals surface area (Å²) in [5, 5.41) is 45.3. The van der Waals surface area contributed by atoms with Crippen LogP contribution in [0.3, 0.4) is 0 Å². The fourth-order valence-corrected chi connectivity index (χ4v) is 14.4. The molecule has 0 bridgehead atoms. The molecule has 3 aliphatic rings. The number of carboxylic acid groups (broad SMARTS) is 1. The molecule has 0 aromatic heterocycles. The zero-order valence-electron chi connectivity index (χ0n) is 75.7. The number of alkyl halides is 15. The second kappa shape index (κ2) is 50.8. The number of carbonyl (C=O) groups excluding carboxylic acids is 12. The van der Waals surface area contributed by atoms with Gasteiger partial charge in [-0.3, -0.25) is 62.9 Å².